The van der Waals surface area contributed by atoms with Gasteiger partial charge < -0.3 is 10.6 Å². The summed E-state index contributed by atoms with van der Waals surface area (Å²) in [5.74, 6) is 0. The van der Waals surface area contributed by atoms with Crippen LogP contribution in [0.25, 0.3) is 0 Å². The van der Waals surface area contributed by atoms with Crippen LogP contribution in [0.1, 0.15) is 19.4 Å². The molecule has 1 heterocycles. The third kappa shape index (κ3) is 1.26. The zero-order chi connectivity index (χ0) is 9.47. The first-order chi connectivity index (χ1) is 6.09. The first kappa shape index (κ1) is 8.10. The van der Waals surface area contributed by atoms with E-state index in [0.717, 1.165) is 11.3 Å². The monoisotopic (exact) mass is 176 g/mol. The molecule has 1 aliphatic rings. The second kappa shape index (κ2) is 2.49. The zero-order valence-corrected chi connectivity index (χ0v) is 7.72. The summed E-state index contributed by atoms with van der Waals surface area (Å²) < 4.78 is 0. The van der Waals surface area contributed by atoms with Crippen LogP contribution in [0.2, 0.25) is 0 Å². The lowest BCUT2D eigenvalue weighted by atomic mass is 9.91. The van der Waals surface area contributed by atoms with Crippen molar-refractivity contribution < 1.29 is 4.79 Å². The third-order valence-corrected chi connectivity index (χ3v) is 2.27. The van der Waals surface area contributed by atoms with Crippen LogP contribution in [-0.4, -0.2) is 6.03 Å². The van der Waals surface area contributed by atoms with Crippen LogP contribution in [0.15, 0.2) is 24.3 Å². The summed E-state index contributed by atoms with van der Waals surface area (Å²) in [4.78, 5) is 11.2. The Bertz CT molecular complexity index is 358. The molecule has 0 unspecified atom stereocenters. The molecule has 0 aromatic heterocycles. The van der Waals surface area contributed by atoms with E-state index in [4.69, 9.17) is 0 Å². The van der Waals surface area contributed by atoms with E-state index in [2.05, 4.69) is 10.6 Å². The molecule has 3 heteroatoms. The number of para-hydroxylation sites is 1. The summed E-state index contributed by atoms with van der Waals surface area (Å²) in [6, 6.07) is 7.68. The van der Waals surface area contributed by atoms with Gasteiger partial charge in [0, 0.05) is 11.3 Å². The van der Waals surface area contributed by atoms with Crippen molar-refractivity contribution in [2.45, 2.75) is 19.4 Å². The maximum absolute atomic E-state index is 11.2. The first-order valence-electron chi connectivity index (χ1n) is 4.28. The van der Waals surface area contributed by atoms with Gasteiger partial charge in [-0.2, -0.15) is 0 Å². The fourth-order valence-electron chi connectivity index (χ4n) is 1.64. The molecule has 0 saturated heterocycles. The molecule has 0 fully saturated rings. The minimum Gasteiger partial charge on any atom is -0.329 e. The van der Waals surface area contributed by atoms with Gasteiger partial charge in [-0.05, 0) is 19.9 Å². The summed E-state index contributed by atoms with van der Waals surface area (Å²) in [5, 5.41) is 5.63. The summed E-state index contributed by atoms with van der Waals surface area (Å²) in [5.41, 5.74) is 1.74. The molecule has 13 heavy (non-hydrogen) atoms. The number of carbonyl (C=O) groups excluding carboxylic acids is 1. The molecule has 1 aromatic rings. The minimum absolute atomic E-state index is 0.135. The van der Waals surface area contributed by atoms with Crippen molar-refractivity contribution in [1.29, 1.82) is 0 Å². The van der Waals surface area contributed by atoms with Crippen LogP contribution < -0.4 is 10.6 Å². The van der Waals surface area contributed by atoms with Gasteiger partial charge >= 0.3 is 6.03 Å². The minimum atomic E-state index is -0.279. The fraction of sp³-hybridized carbons (Fsp3) is 0.300. The van der Waals surface area contributed by atoms with E-state index in [1.54, 1.807) is 0 Å². The topological polar surface area (TPSA) is 41.1 Å². The smallest absolute Gasteiger partial charge is 0.319 e. The lowest BCUT2D eigenvalue weighted by molar-refractivity contribution is 0.239. The SMILES string of the molecule is CC1(C)NC(=O)Nc2ccccc21. The quantitative estimate of drug-likeness (QED) is 0.624. The lowest BCUT2D eigenvalue weighted by Crippen LogP contribution is -2.47. The summed E-state index contributed by atoms with van der Waals surface area (Å²) in [6.45, 7) is 3.98. The largest absolute Gasteiger partial charge is 0.329 e. The Morgan fingerprint density at radius 3 is 2.69 bits per heavy atom. The predicted molar refractivity (Wildman–Crippen MR) is 51.6 cm³/mol. The Morgan fingerprint density at radius 1 is 1.23 bits per heavy atom. The number of fused-ring (bicyclic) bond motifs is 1. The molecule has 1 aromatic carbocycles. The van der Waals surface area contributed by atoms with Gasteiger partial charge in [0.15, 0.2) is 0 Å². The van der Waals surface area contributed by atoms with Gasteiger partial charge in [0.2, 0.25) is 0 Å². The Morgan fingerprint density at radius 2 is 1.92 bits per heavy atom. The number of carbonyl (C=O) groups is 1. The molecule has 0 atom stereocenters. The van der Waals surface area contributed by atoms with Gasteiger partial charge in [0.25, 0.3) is 0 Å². The molecule has 2 amide bonds. The number of urea groups is 1. The molecular formula is C10H12N2O. The van der Waals surface area contributed by atoms with Crippen LogP contribution in [0.5, 0.6) is 0 Å². The first-order valence-corrected chi connectivity index (χ1v) is 4.28. The van der Waals surface area contributed by atoms with E-state index in [0.29, 0.717) is 0 Å². The molecule has 0 bridgehead atoms. The van der Waals surface area contributed by atoms with Gasteiger partial charge in [-0.1, -0.05) is 18.2 Å². The summed E-state index contributed by atoms with van der Waals surface area (Å²) in [6.07, 6.45) is 0. The highest BCUT2D eigenvalue weighted by Gasteiger charge is 2.29. The number of hydrogen-bond acceptors (Lipinski definition) is 1. The second-order valence-electron chi connectivity index (χ2n) is 3.75. The standard InChI is InChI=1S/C10H12N2O/c1-10(2)7-5-3-4-6-8(7)11-9(13)12-10/h3-6H,1-2H3,(H2,11,12,13). The zero-order valence-electron chi connectivity index (χ0n) is 7.72. The van der Waals surface area contributed by atoms with E-state index in [9.17, 15) is 4.79 Å². The number of anilines is 1. The average Bonchev–Trinajstić information content (AvgIpc) is 2.02. The summed E-state index contributed by atoms with van der Waals surface area (Å²) >= 11 is 0. The van der Waals surface area contributed by atoms with Crippen LogP contribution in [0.4, 0.5) is 10.5 Å². The number of rotatable bonds is 0. The van der Waals surface area contributed by atoms with Crippen molar-refractivity contribution in [2.24, 2.45) is 0 Å². The predicted octanol–water partition coefficient (Wildman–Crippen LogP) is 2.06. The highest BCUT2D eigenvalue weighted by Crippen LogP contribution is 2.30. The third-order valence-electron chi connectivity index (χ3n) is 2.27. The van der Waals surface area contributed by atoms with Crippen LogP contribution in [-0.2, 0) is 5.54 Å². The normalized spacial score (nSPS) is 18.5. The van der Waals surface area contributed by atoms with Crippen molar-refractivity contribution in [3.05, 3.63) is 29.8 Å². The number of hydrogen-bond donors (Lipinski definition) is 2. The average molecular weight is 176 g/mol. The highest BCUT2D eigenvalue weighted by molar-refractivity contribution is 5.93. The van der Waals surface area contributed by atoms with Gasteiger partial charge in [0.05, 0.1) is 5.54 Å². The molecule has 68 valence electrons. The molecule has 1 aliphatic heterocycles. The van der Waals surface area contributed by atoms with Gasteiger partial charge in [-0.25, -0.2) is 4.79 Å². The fourth-order valence-corrected chi connectivity index (χ4v) is 1.64. The Labute approximate surface area is 77.1 Å². The highest BCUT2D eigenvalue weighted by atomic mass is 16.2. The second-order valence-corrected chi connectivity index (χ2v) is 3.75. The maximum Gasteiger partial charge on any atom is 0.319 e. The molecule has 2 N–H and O–H groups in total. The Balaban J connectivity index is 2.56. The van der Waals surface area contributed by atoms with Crippen LogP contribution in [0, 0.1) is 0 Å². The van der Waals surface area contributed by atoms with Crippen molar-refractivity contribution in [1.82, 2.24) is 5.32 Å². The van der Waals surface area contributed by atoms with Crippen molar-refractivity contribution in [2.75, 3.05) is 5.32 Å². The maximum atomic E-state index is 11.2. The Hall–Kier alpha value is -1.51. The Kier molecular flexibility index (Phi) is 1.55. The molecule has 0 aliphatic carbocycles. The van der Waals surface area contributed by atoms with E-state index in [-0.39, 0.29) is 11.6 Å². The molecule has 0 radical (unpaired) electrons. The van der Waals surface area contributed by atoms with Gasteiger partial charge in [-0.3, -0.25) is 0 Å². The van der Waals surface area contributed by atoms with Crippen molar-refractivity contribution in [3.63, 3.8) is 0 Å². The van der Waals surface area contributed by atoms with Crippen molar-refractivity contribution in [3.8, 4) is 0 Å². The summed E-state index contributed by atoms with van der Waals surface area (Å²) in [7, 11) is 0. The van der Waals surface area contributed by atoms with E-state index in [1.165, 1.54) is 0 Å². The van der Waals surface area contributed by atoms with E-state index >= 15 is 0 Å². The molecule has 0 spiro atoms. The lowest BCUT2D eigenvalue weighted by Gasteiger charge is -2.33. The van der Waals surface area contributed by atoms with Gasteiger partial charge in [0.1, 0.15) is 0 Å². The van der Waals surface area contributed by atoms with Crippen LogP contribution >= 0.6 is 0 Å². The number of benzene rings is 1. The molecule has 0 saturated carbocycles. The van der Waals surface area contributed by atoms with Crippen molar-refractivity contribution >= 4 is 11.7 Å². The molecular weight excluding hydrogens is 164 g/mol. The van der Waals surface area contributed by atoms with E-state index < -0.39 is 0 Å². The van der Waals surface area contributed by atoms with Crippen LogP contribution in [0.3, 0.4) is 0 Å². The number of nitrogens with one attached hydrogen (secondary N) is 2. The number of amides is 2. The molecule has 3 nitrogen and oxygen atoms in total. The molecule has 2 rings (SSSR count). The van der Waals surface area contributed by atoms with Gasteiger partial charge in [-0.15, -0.1) is 0 Å². The van der Waals surface area contributed by atoms with E-state index in [1.807, 2.05) is 38.1 Å².